The first-order valence-electron chi connectivity index (χ1n) is 5.71. The van der Waals surface area contributed by atoms with Crippen molar-refractivity contribution >= 4 is 21.4 Å². The zero-order chi connectivity index (χ0) is 12.2. The molecule has 1 fully saturated rings. The molecule has 1 aliphatic carbocycles. The van der Waals surface area contributed by atoms with Crippen LogP contribution in [0.25, 0.3) is 0 Å². The summed E-state index contributed by atoms with van der Waals surface area (Å²) < 4.78 is 37.4. The third-order valence-electron chi connectivity index (χ3n) is 3.68. The number of fused-ring (bicyclic) bond motifs is 1. The highest BCUT2D eigenvalue weighted by molar-refractivity contribution is 7.91. The van der Waals surface area contributed by atoms with E-state index >= 15 is 0 Å². The molecule has 1 aromatic rings. The van der Waals surface area contributed by atoms with Crippen molar-refractivity contribution in [1.29, 1.82) is 0 Å². The highest BCUT2D eigenvalue weighted by Crippen LogP contribution is 2.49. The number of benzene rings is 1. The molecule has 1 saturated carbocycles. The van der Waals surface area contributed by atoms with Crippen molar-refractivity contribution in [3.63, 3.8) is 0 Å². The Labute approximate surface area is 105 Å². The maximum absolute atomic E-state index is 13.5. The average molecular weight is 275 g/mol. The summed E-state index contributed by atoms with van der Waals surface area (Å²) in [6.07, 6.45) is 2.85. The summed E-state index contributed by atoms with van der Waals surface area (Å²) in [5.41, 5.74) is 0.639. The topological polar surface area (TPSA) is 34.1 Å². The van der Waals surface area contributed by atoms with Crippen molar-refractivity contribution in [3.05, 3.63) is 28.5 Å². The van der Waals surface area contributed by atoms with Gasteiger partial charge >= 0.3 is 0 Å². The van der Waals surface area contributed by atoms with Gasteiger partial charge in [-0.2, -0.15) is 0 Å². The molecule has 2 aliphatic rings. The van der Waals surface area contributed by atoms with Gasteiger partial charge in [0.05, 0.1) is 15.7 Å². The molecule has 0 radical (unpaired) electrons. The van der Waals surface area contributed by atoms with Gasteiger partial charge in [0.2, 0.25) is 0 Å². The smallest absolute Gasteiger partial charge is 0.178 e. The molecule has 5 heteroatoms. The van der Waals surface area contributed by atoms with Gasteiger partial charge in [-0.15, -0.1) is 0 Å². The monoisotopic (exact) mass is 274 g/mol. The van der Waals surface area contributed by atoms with Gasteiger partial charge < -0.3 is 0 Å². The first kappa shape index (κ1) is 11.5. The molecule has 1 heterocycles. The fourth-order valence-corrected chi connectivity index (χ4v) is 4.52. The SMILES string of the molecule is O=S1(=O)CCC(C2CC2)c2cc(F)c(Cl)cc21. The molecule has 1 unspecified atom stereocenters. The maximum atomic E-state index is 13.5. The Morgan fingerprint density at radius 2 is 1.94 bits per heavy atom. The van der Waals surface area contributed by atoms with Crippen LogP contribution in [0.1, 0.15) is 30.7 Å². The van der Waals surface area contributed by atoms with Crippen LogP contribution in [0.5, 0.6) is 0 Å². The predicted octanol–water partition coefficient (Wildman–Crippen LogP) is 3.15. The van der Waals surface area contributed by atoms with E-state index in [1.807, 2.05) is 0 Å². The Hall–Kier alpha value is -0.610. The number of halogens is 2. The molecule has 0 N–H and O–H groups in total. The first-order chi connectivity index (χ1) is 7.99. The van der Waals surface area contributed by atoms with Crippen LogP contribution in [-0.2, 0) is 9.84 Å². The van der Waals surface area contributed by atoms with Gasteiger partial charge in [0.1, 0.15) is 5.82 Å². The van der Waals surface area contributed by atoms with E-state index in [9.17, 15) is 12.8 Å². The highest BCUT2D eigenvalue weighted by Gasteiger charge is 2.39. The summed E-state index contributed by atoms with van der Waals surface area (Å²) >= 11 is 5.68. The summed E-state index contributed by atoms with van der Waals surface area (Å²) in [6.45, 7) is 0. The molecule has 0 amide bonds. The van der Waals surface area contributed by atoms with E-state index in [0.29, 0.717) is 17.9 Å². The van der Waals surface area contributed by atoms with Crippen LogP contribution in [0.3, 0.4) is 0 Å². The van der Waals surface area contributed by atoms with Gasteiger partial charge in [-0.25, -0.2) is 12.8 Å². The molecule has 1 aromatic carbocycles. The lowest BCUT2D eigenvalue weighted by Crippen LogP contribution is -2.21. The van der Waals surface area contributed by atoms with Gasteiger partial charge in [-0.1, -0.05) is 11.6 Å². The summed E-state index contributed by atoms with van der Waals surface area (Å²) in [4.78, 5) is 0.243. The molecular formula is C12H12ClFO2S. The Bertz CT molecular complexity index is 578. The van der Waals surface area contributed by atoms with Crippen molar-refractivity contribution in [1.82, 2.24) is 0 Å². The number of sulfone groups is 1. The van der Waals surface area contributed by atoms with Crippen molar-refractivity contribution in [2.24, 2.45) is 5.92 Å². The molecule has 17 heavy (non-hydrogen) atoms. The Balaban J connectivity index is 2.20. The second-order valence-electron chi connectivity index (χ2n) is 4.86. The minimum atomic E-state index is -3.27. The van der Waals surface area contributed by atoms with Crippen molar-refractivity contribution in [2.45, 2.75) is 30.1 Å². The summed E-state index contributed by atoms with van der Waals surface area (Å²) in [6, 6.07) is 2.59. The summed E-state index contributed by atoms with van der Waals surface area (Å²) in [5, 5.41) is -0.108. The highest BCUT2D eigenvalue weighted by atomic mass is 35.5. The van der Waals surface area contributed by atoms with E-state index in [-0.39, 0.29) is 21.6 Å². The van der Waals surface area contributed by atoms with Crippen molar-refractivity contribution in [3.8, 4) is 0 Å². The minimum Gasteiger partial charge on any atom is -0.224 e. The average Bonchev–Trinajstić information content (AvgIpc) is 3.05. The van der Waals surface area contributed by atoms with Gasteiger partial charge in [0, 0.05) is 0 Å². The molecule has 3 rings (SSSR count). The van der Waals surface area contributed by atoms with Crippen molar-refractivity contribution < 1.29 is 12.8 Å². The minimum absolute atomic E-state index is 0.108. The second kappa shape index (κ2) is 3.69. The Morgan fingerprint density at radius 3 is 2.59 bits per heavy atom. The summed E-state index contributed by atoms with van der Waals surface area (Å²) in [7, 11) is -3.27. The third-order valence-corrected chi connectivity index (χ3v) is 5.76. The number of rotatable bonds is 1. The normalized spacial score (nSPS) is 26.6. The largest absolute Gasteiger partial charge is 0.224 e. The van der Waals surface area contributed by atoms with E-state index in [2.05, 4.69) is 0 Å². The third kappa shape index (κ3) is 1.87. The lowest BCUT2D eigenvalue weighted by molar-refractivity contribution is 0.528. The second-order valence-corrected chi connectivity index (χ2v) is 7.34. The number of hydrogen-bond donors (Lipinski definition) is 0. The zero-order valence-electron chi connectivity index (χ0n) is 9.12. The van der Waals surface area contributed by atoms with Crippen LogP contribution in [0.2, 0.25) is 5.02 Å². The number of hydrogen-bond acceptors (Lipinski definition) is 2. The van der Waals surface area contributed by atoms with E-state index in [0.717, 1.165) is 12.8 Å². The van der Waals surface area contributed by atoms with E-state index < -0.39 is 15.7 Å². The van der Waals surface area contributed by atoms with Gasteiger partial charge in [-0.3, -0.25) is 0 Å². The standard InChI is InChI=1S/C12H12ClFO2S/c13-10-6-12-9(5-11(10)14)8(7-1-2-7)3-4-17(12,15)16/h5-8H,1-4H2. The molecule has 0 bridgehead atoms. The van der Waals surface area contributed by atoms with Crippen molar-refractivity contribution in [2.75, 3.05) is 5.75 Å². The van der Waals surface area contributed by atoms with Crippen LogP contribution < -0.4 is 0 Å². The quantitative estimate of drug-likeness (QED) is 0.737. The lowest BCUT2D eigenvalue weighted by atomic mass is 9.91. The van der Waals surface area contributed by atoms with Gasteiger partial charge in [0.25, 0.3) is 0 Å². The van der Waals surface area contributed by atoms with Gasteiger partial charge in [-0.05, 0) is 48.8 Å². The predicted molar refractivity (Wildman–Crippen MR) is 63.5 cm³/mol. The first-order valence-corrected chi connectivity index (χ1v) is 7.74. The Kier molecular flexibility index (Phi) is 2.49. The molecule has 0 spiro atoms. The van der Waals surface area contributed by atoms with Gasteiger partial charge in [0.15, 0.2) is 9.84 Å². The molecule has 0 aromatic heterocycles. The molecular weight excluding hydrogens is 263 g/mol. The van der Waals surface area contributed by atoms with Crippen LogP contribution >= 0.6 is 11.6 Å². The fourth-order valence-electron chi connectivity index (χ4n) is 2.64. The molecule has 92 valence electrons. The van der Waals surface area contributed by atoms with Crippen LogP contribution in [0.15, 0.2) is 17.0 Å². The molecule has 1 aliphatic heterocycles. The Morgan fingerprint density at radius 1 is 1.24 bits per heavy atom. The van der Waals surface area contributed by atoms with Crippen LogP contribution in [0.4, 0.5) is 4.39 Å². The van der Waals surface area contributed by atoms with E-state index in [1.54, 1.807) is 0 Å². The molecule has 2 nitrogen and oxygen atoms in total. The van der Waals surface area contributed by atoms with Crippen LogP contribution in [-0.4, -0.2) is 14.2 Å². The molecule has 1 atom stereocenters. The molecule has 0 saturated heterocycles. The lowest BCUT2D eigenvalue weighted by Gasteiger charge is -2.25. The maximum Gasteiger partial charge on any atom is 0.178 e. The fraction of sp³-hybridized carbons (Fsp3) is 0.500. The summed E-state index contributed by atoms with van der Waals surface area (Å²) in [5.74, 6) is 0.363. The van der Waals surface area contributed by atoms with E-state index in [4.69, 9.17) is 11.6 Å². The van der Waals surface area contributed by atoms with Crippen LogP contribution in [0, 0.1) is 11.7 Å². The van der Waals surface area contributed by atoms with E-state index in [1.165, 1.54) is 12.1 Å². The zero-order valence-corrected chi connectivity index (χ0v) is 10.7.